The van der Waals surface area contributed by atoms with E-state index < -0.39 is 5.82 Å². The van der Waals surface area contributed by atoms with Crippen LogP contribution in [0.15, 0.2) is 30.5 Å². The molecule has 0 spiro atoms. The van der Waals surface area contributed by atoms with Gasteiger partial charge in [-0.2, -0.15) is 0 Å². The molecule has 1 aromatic heterocycles. The molecule has 2 aromatic rings. The van der Waals surface area contributed by atoms with Gasteiger partial charge >= 0.3 is 0 Å². The average Bonchev–Trinajstić information content (AvgIpc) is 2.90. The number of nitrogens with one attached hydrogen (secondary N) is 1. The van der Waals surface area contributed by atoms with Crippen LogP contribution in [0.2, 0.25) is 0 Å². The summed E-state index contributed by atoms with van der Waals surface area (Å²) in [6.07, 6.45) is 6.15. The highest BCUT2D eigenvalue weighted by atomic mass is 19.1. The molecule has 21 heavy (non-hydrogen) atoms. The zero-order chi connectivity index (χ0) is 14.7. The minimum atomic E-state index is -0.493. The summed E-state index contributed by atoms with van der Waals surface area (Å²) in [5, 5.41) is 2.74. The number of hydrogen-bond acceptors (Lipinski definition) is 2. The summed E-state index contributed by atoms with van der Waals surface area (Å²) in [5.41, 5.74) is 1.07. The lowest BCUT2D eigenvalue weighted by atomic mass is 10.2. The number of fused-ring (bicyclic) bond motifs is 1. The van der Waals surface area contributed by atoms with Crippen molar-refractivity contribution < 1.29 is 9.18 Å². The standard InChI is InChI=1S/C16H18FN3O/c17-14-6-2-1-5-13(14)16(21)18-9-8-12-11-20-10-4-3-7-15(20)19-12/h1-2,5-6,11H,3-4,7-10H2,(H,18,21). The molecule has 1 amide bonds. The van der Waals surface area contributed by atoms with Crippen LogP contribution in [0, 0.1) is 5.82 Å². The molecule has 0 fully saturated rings. The Hall–Kier alpha value is -2.17. The number of aromatic nitrogens is 2. The SMILES string of the molecule is O=C(NCCc1cn2c(n1)CCCC2)c1ccccc1F. The first kappa shape index (κ1) is 13.8. The quantitative estimate of drug-likeness (QED) is 0.938. The van der Waals surface area contributed by atoms with Gasteiger partial charge in [-0.3, -0.25) is 4.79 Å². The van der Waals surface area contributed by atoms with Crippen molar-refractivity contribution in [1.82, 2.24) is 14.9 Å². The summed E-state index contributed by atoms with van der Waals surface area (Å²) in [7, 11) is 0. The van der Waals surface area contributed by atoms with Gasteiger partial charge in [-0.1, -0.05) is 12.1 Å². The van der Waals surface area contributed by atoms with E-state index in [2.05, 4.69) is 21.1 Å². The Labute approximate surface area is 123 Å². The van der Waals surface area contributed by atoms with Crippen molar-refractivity contribution in [3.05, 3.63) is 53.4 Å². The second-order valence-corrected chi connectivity index (χ2v) is 5.28. The lowest BCUT2D eigenvalue weighted by Crippen LogP contribution is -2.26. The maximum Gasteiger partial charge on any atom is 0.254 e. The van der Waals surface area contributed by atoms with E-state index in [1.54, 1.807) is 12.1 Å². The highest BCUT2D eigenvalue weighted by molar-refractivity contribution is 5.94. The fourth-order valence-corrected chi connectivity index (χ4v) is 2.64. The number of benzene rings is 1. The van der Waals surface area contributed by atoms with Gasteiger partial charge in [0.2, 0.25) is 0 Å². The van der Waals surface area contributed by atoms with Crippen LogP contribution < -0.4 is 5.32 Å². The van der Waals surface area contributed by atoms with Gasteiger partial charge in [0.1, 0.15) is 11.6 Å². The van der Waals surface area contributed by atoms with Crippen molar-refractivity contribution in [2.24, 2.45) is 0 Å². The van der Waals surface area contributed by atoms with Gasteiger partial charge in [-0.25, -0.2) is 9.37 Å². The minimum absolute atomic E-state index is 0.0848. The first-order valence-corrected chi connectivity index (χ1v) is 7.32. The summed E-state index contributed by atoms with van der Waals surface area (Å²) >= 11 is 0. The molecule has 5 heteroatoms. The molecular weight excluding hydrogens is 269 g/mol. The number of hydrogen-bond donors (Lipinski definition) is 1. The molecule has 0 bridgehead atoms. The molecule has 1 N–H and O–H groups in total. The fourth-order valence-electron chi connectivity index (χ4n) is 2.64. The Morgan fingerprint density at radius 3 is 3.00 bits per heavy atom. The maximum absolute atomic E-state index is 13.5. The molecule has 0 atom stereocenters. The van der Waals surface area contributed by atoms with E-state index in [1.165, 1.54) is 25.0 Å². The van der Waals surface area contributed by atoms with Crippen LogP contribution in [0.25, 0.3) is 0 Å². The number of imidazole rings is 1. The van der Waals surface area contributed by atoms with Gasteiger partial charge in [-0.05, 0) is 25.0 Å². The van der Waals surface area contributed by atoms with Gasteiger partial charge in [0.25, 0.3) is 5.91 Å². The van der Waals surface area contributed by atoms with E-state index in [0.29, 0.717) is 13.0 Å². The number of amides is 1. The van der Waals surface area contributed by atoms with E-state index in [4.69, 9.17) is 0 Å². The second-order valence-electron chi connectivity index (χ2n) is 5.28. The molecule has 1 aliphatic rings. The molecule has 0 aliphatic carbocycles. The predicted molar refractivity (Wildman–Crippen MR) is 77.6 cm³/mol. The first-order valence-electron chi connectivity index (χ1n) is 7.32. The van der Waals surface area contributed by atoms with E-state index in [0.717, 1.165) is 24.5 Å². The van der Waals surface area contributed by atoms with E-state index >= 15 is 0 Å². The Kier molecular flexibility index (Phi) is 3.99. The van der Waals surface area contributed by atoms with Crippen molar-refractivity contribution in [3.63, 3.8) is 0 Å². The number of rotatable bonds is 4. The zero-order valence-electron chi connectivity index (χ0n) is 11.8. The molecule has 1 aliphatic heterocycles. The summed E-state index contributed by atoms with van der Waals surface area (Å²) in [6.45, 7) is 1.49. The molecule has 2 heterocycles. The number of aryl methyl sites for hydroxylation is 2. The lowest BCUT2D eigenvalue weighted by molar-refractivity contribution is 0.0950. The molecule has 0 saturated carbocycles. The maximum atomic E-state index is 13.5. The van der Waals surface area contributed by atoms with Crippen molar-refractivity contribution >= 4 is 5.91 Å². The molecule has 0 radical (unpaired) electrons. The molecular formula is C16H18FN3O. The minimum Gasteiger partial charge on any atom is -0.352 e. The highest BCUT2D eigenvalue weighted by Gasteiger charge is 2.13. The first-order chi connectivity index (χ1) is 10.2. The summed E-state index contributed by atoms with van der Waals surface area (Å²) in [6, 6.07) is 6.00. The van der Waals surface area contributed by atoms with Gasteiger partial charge in [0, 0.05) is 32.1 Å². The molecule has 0 saturated heterocycles. The van der Waals surface area contributed by atoms with Crippen LogP contribution in [0.3, 0.4) is 0 Å². The second kappa shape index (κ2) is 6.08. The number of halogens is 1. The van der Waals surface area contributed by atoms with Crippen LogP contribution in [-0.2, 0) is 19.4 Å². The van der Waals surface area contributed by atoms with Crippen LogP contribution in [0.5, 0.6) is 0 Å². The van der Waals surface area contributed by atoms with Gasteiger partial charge in [0.15, 0.2) is 0 Å². The lowest BCUT2D eigenvalue weighted by Gasteiger charge is -2.11. The van der Waals surface area contributed by atoms with Gasteiger partial charge < -0.3 is 9.88 Å². The van der Waals surface area contributed by atoms with Crippen LogP contribution in [0.1, 0.15) is 34.7 Å². The van der Waals surface area contributed by atoms with Crippen LogP contribution in [0.4, 0.5) is 4.39 Å². The van der Waals surface area contributed by atoms with Crippen molar-refractivity contribution in [1.29, 1.82) is 0 Å². The molecule has 1 aromatic carbocycles. The number of nitrogens with zero attached hydrogens (tertiary/aromatic N) is 2. The predicted octanol–water partition coefficient (Wildman–Crippen LogP) is 2.33. The van der Waals surface area contributed by atoms with Gasteiger partial charge in [0.05, 0.1) is 11.3 Å². The smallest absolute Gasteiger partial charge is 0.254 e. The van der Waals surface area contributed by atoms with Crippen molar-refractivity contribution in [3.8, 4) is 0 Å². The topological polar surface area (TPSA) is 46.9 Å². The Morgan fingerprint density at radius 2 is 2.19 bits per heavy atom. The van der Waals surface area contributed by atoms with Crippen LogP contribution in [-0.4, -0.2) is 22.0 Å². The normalized spacial score (nSPS) is 13.8. The third-order valence-electron chi connectivity index (χ3n) is 3.74. The van der Waals surface area contributed by atoms with E-state index in [9.17, 15) is 9.18 Å². The van der Waals surface area contributed by atoms with Crippen LogP contribution >= 0.6 is 0 Å². The van der Waals surface area contributed by atoms with Gasteiger partial charge in [-0.15, -0.1) is 0 Å². The third kappa shape index (κ3) is 3.12. The largest absolute Gasteiger partial charge is 0.352 e. The molecule has 4 nitrogen and oxygen atoms in total. The summed E-state index contributed by atoms with van der Waals surface area (Å²) in [4.78, 5) is 16.4. The summed E-state index contributed by atoms with van der Waals surface area (Å²) < 4.78 is 15.7. The zero-order valence-corrected chi connectivity index (χ0v) is 11.8. The summed E-state index contributed by atoms with van der Waals surface area (Å²) in [5.74, 6) is 0.265. The van der Waals surface area contributed by atoms with Crippen molar-refractivity contribution in [2.75, 3.05) is 6.54 Å². The Morgan fingerprint density at radius 1 is 1.33 bits per heavy atom. The fraction of sp³-hybridized carbons (Fsp3) is 0.375. The number of carbonyl (C=O) groups excluding carboxylic acids is 1. The number of carbonyl (C=O) groups is 1. The van der Waals surface area contributed by atoms with E-state index in [1.807, 2.05) is 0 Å². The molecule has 3 rings (SSSR count). The average molecular weight is 287 g/mol. The Bertz CT molecular complexity index is 627. The van der Waals surface area contributed by atoms with Crippen molar-refractivity contribution in [2.45, 2.75) is 32.2 Å². The molecule has 0 unspecified atom stereocenters. The molecule has 110 valence electrons. The van der Waals surface area contributed by atoms with E-state index in [-0.39, 0.29) is 11.5 Å². The third-order valence-corrected chi connectivity index (χ3v) is 3.74. The Balaban J connectivity index is 1.55. The highest BCUT2D eigenvalue weighted by Crippen LogP contribution is 2.14. The monoisotopic (exact) mass is 287 g/mol.